The Morgan fingerprint density at radius 2 is 0.873 bits per heavy atom. The Morgan fingerprint density at radius 3 is 1.05 bits per heavy atom. The molecule has 4 heterocycles. The maximum Gasteiger partial charge on any atom is 0.0832 e. The van der Waals surface area contributed by atoms with E-state index in [0.29, 0.717) is 29.5 Å². The first kappa shape index (κ1) is 56.9. The predicted molar refractivity (Wildman–Crippen MR) is 239 cm³/mol. The summed E-state index contributed by atoms with van der Waals surface area (Å²) in [6, 6.07) is 0. The van der Waals surface area contributed by atoms with Gasteiger partial charge in [-0.05, 0) is 83.9 Å². The molecule has 55 heavy (non-hydrogen) atoms. The first-order valence-corrected chi connectivity index (χ1v) is 23.1. The van der Waals surface area contributed by atoms with Crippen LogP contribution in [0.25, 0.3) is 0 Å². The van der Waals surface area contributed by atoms with Gasteiger partial charge in [0.2, 0.25) is 0 Å². The third-order valence-corrected chi connectivity index (χ3v) is 12.2. The lowest BCUT2D eigenvalue weighted by atomic mass is 9.78. The maximum absolute atomic E-state index is 5.46. The van der Waals surface area contributed by atoms with Crippen molar-refractivity contribution in [1.82, 2.24) is 0 Å². The fourth-order valence-electron chi connectivity index (χ4n) is 5.22. The standard InChI is InChI=1S/C8H16O2.C8H16O.C7H14O2.C7H14.C7H16.C6H12O.C6H14/c1-7(2)5-8-6-9-3-4-10-8;1-7(2)8-3-5-9-6-4-8;1-6(2)7-5-8-3-4-9-7;1-6(2)7-4-3-5-7;1-6(2)7(3,4)5;1-5(2)6-3-7-4-6;1-5(2)6(3)4/h7-8H,3-6H2,1-2H3;7-8H,3-6H2,1-2H3;6-7H,3-5H2,1-2H3;6-7H,3-5H2,1-2H3;6H,1-5H3;5-6H,3-4H2,1-2H3;5-6H,1-4H3. The van der Waals surface area contributed by atoms with Crippen LogP contribution >= 0.6 is 0 Å². The SMILES string of the molecule is CC(C)C(C)(C)C.CC(C)C(C)C.CC(C)C1CCC1.CC(C)C1CCOCC1.CC(C)C1COC1.CC(C)C1COCCO1.CC(C)CC1COCCO1. The van der Waals surface area contributed by atoms with Crippen LogP contribution in [0.3, 0.4) is 0 Å². The number of hydrogen-bond donors (Lipinski definition) is 0. The van der Waals surface area contributed by atoms with E-state index in [4.69, 9.17) is 28.4 Å². The summed E-state index contributed by atoms with van der Waals surface area (Å²) in [7, 11) is 0. The Labute approximate surface area is 346 Å². The van der Waals surface area contributed by atoms with Gasteiger partial charge in [0.25, 0.3) is 0 Å². The zero-order valence-corrected chi connectivity index (χ0v) is 40.8. The number of rotatable bonds is 7. The minimum atomic E-state index is 0.332. The largest absolute Gasteiger partial charge is 0.381 e. The van der Waals surface area contributed by atoms with Crippen LogP contribution < -0.4 is 0 Å². The molecule has 5 rings (SSSR count). The summed E-state index contributed by atoms with van der Waals surface area (Å²) >= 11 is 0. The summed E-state index contributed by atoms with van der Waals surface area (Å²) in [5, 5.41) is 0. The van der Waals surface area contributed by atoms with Crippen molar-refractivity contribution in [1.29, 1.82) is 0 Å². The summed E-state index contributed by atoms with van der Waals surface area (Å²) < 4.78 is 31.6. The summed E-state index contributed by atoms with van der Waals surface area (Å²) in [6.07, 6.45) is 8.85. The van der Waals surface area contributed by atoms with Crippen LogP contribution in [-0.2, 0) is 28.4 Å². The molecule has 0 spiro atoms. The molecule has 0 N–H and O–H groups in total. The number of ether oxygens (including phenoxy) is 6. The van der Waals surface area contributed by atoms with E-state index in [0.717, 1.165) is 126 Å². The van der Waals surface area contributed by atoms with Gasteiger partial charge in [-0.2, -0.15) is 0 Å². The lowest BCUT2D eigenvalue weighted by Gasteiger charge is -2.29. The Morgan fingerprint density at radius 1 is 0.436 bits per heavy atom. The van der Waals surface area contributed by atoms with Crippen LogP contribution in [0.2, 0.25) is 0 Å². The molecule has 2 atom stereocenters. The zero-order valence-electron chi connectivity index (χ0n) is 40.8. The smallest absolute Gasteiger partial charge is 0.0832 e. The first-order chi connectivity index (χ1) is 25.6. The van der Waals surface area contributed by atoms with Gasteiger partial charge in [0.1, 0.15) is 0 Å². The monoisotopic (exact) mass is 787 g/mol. The Bertz CT molecular complexity index is 743. The molecule has 0 radical (unpaired) electrons. The molecule has 0 aromatic rings. The quantitative estimate of drug-likeness (QED) is 0.256. The zero-order chi connectivity index (χ0) is 42.6. The summed E-state index contributed by atoms with van der Waals surface area (Å²) in [5.41, 5.74) is 0.500. The van der Waals surface area contributed by atoms with Crippen molar-refractivity contribution >= 4 is 0 Å². The van der Waals surface area contributed by atoms with Crippen molar-refractivity contribution in [3.8, 4) is 0 Å². The minimum absolute atomic E-state index is 0.332. The normalized spacial score (nSPS) is 22.1. The number of hydrogen-bond acceptors (Lipinski definition) is 6. The molecule has 5 aliphatic rings. The van der Waals surface area contributed by atoms with Crippen molar-refractivity contribution in [2.24, 2.45) is 70.5 Å². The molecule has 4 saturated heterocycles. The highest BCUT2D eigenvalue weighted by molar-refractivity contribution is 4.72. The van der Waals surface area contributed by atoms with E-state index in [9.17, 15) is 0 Å². The molecule has 1 saturated carbocycles. The molecule has 4 aliphatic heterocycles. The van der Waals surface area contributed by atoms with Crippen molar-refractivity contribution in [2.45, 2.75) is 182 Å². The van der Waals surface area contributed by atoms with Crippen molar-refractivity contribution < 1.29 is 28.4 Å². The molecule has 2 unspecified atom stereocenters. The van der Waals surface area contributed by atoms with Crippen LogP contribution in [0.1, 0.15) is 170 Å². The van der Waals surface area contributed by atoms with Crippen molar-refractivity contribution in [3.63, 3.8) is 0 Å². The van der Waals surface area contributed by atoms with Gasteiger partial charge in [0.15, 0.2) is 0 Å². The highest BCUT2D eigenvalue weighted by atomic mass is 16.6. The van der Waals surface area contributed by atoms with Crippen LogP contribution in [0, 0.1) is 70.5 Å². The van der Waals surface area contributed by atoms with E-state index in [1.165, 1.54) is 32.1 Å². The fourth-order valence-corrected chi connectivity index (χ4v) is 5.22. The summed E-state index contributed by atoms with van der Waals surface area (Å²) in [4.78, 5) is 0. The van der Waals surface area contributed by atoms with Crippen LogP contribution in [0.15, 0.2) is 0 Å². The molecular formula is C49H102O6. The van der Waals surface area contributed by atoms with Crippen molar-refractivity contribution in [2.75, 3.05) is 66.1 Å². The molecule has 1 aliphatic carbocycles. The van der Waals surface area contributed by atoms with Crippen molar-refractivity contribution in [3.05, 3.63) is 0 Å². The Kier molecular flexibility index (Phi) is 34.7. The minimum Gasteiger partial charge on any atom is -0.381 e. The third kappa shape index (κ3) is 33.3. The molecule has 6 heteroatoms. The van der Waals surface area contributed by atoms with Gasteiger partial charge in [-0.1, -0.05) is 151 Å². The summed E-state index contributed by atoms with van der Waals surface area (Å²) in [5.74, 6) is 9.31. The lowest BCUT2D eigenvalue weighted by molar-refractivity contribution is -0.105. The van der Waals surface area contributed by atoms with Gasteiger partial charge >= 0.3 is 0 Å². The van der Waals surface area contributed by atoms with E-state index >= 15 is 0 Å². The predicted octanol–water partition coefficient (Wildman–Crippen LogP) is 13.3. The van der Waals surface area contributed by atoms with Gasteiger partial charge in [0.05, 0.1) is 65.1 Å². The molecule has 0 amide bonds. The molecule has 5 fully saturated rings. The van der Waals surface area contributed by atoms with Crippen LogP contribution in [0.4, 0.5) is 0 Å². The van der Waals surface area contributed by atoms with Gasteiger partial charge < -0.3 is 28.4 Å². The van der Waals surface area contributed by atoms with Gasteiger partial charge in [-0.25, -0.2) is 0 Å². The second kappa shape index (κ2) is 33.6. The van der Waals surface area contributed by atoms with E-state index < -0.39 is 0 Å². The maximum atomic E-state index is 5.46. The third-order valence-electron chi connectivity index (χ3n) is 12.2. The highest BCUT2D eigenvalue weighted by Gasteiger charge is 2.22. The van der Waals surface area contributed by atoms with Gasteiger partial charge in [-0.3, -0.25) is 0 Å². The van der Waals surface area contributed by atoms with Crippen LogP contribution in [0.5, 0.6) is 0 Å². The van der Waals surface area contributed by atoms with Gasteiger partial charge in [0, 0.05) is 19.1 Å². The molecular weight excluding hydrogens is 685 g/mol. The van der Waals surface area contributed by atoms with E-state index in [-0.39, 0.29) is 0 Å². The van der Waals surface area contributed by atoms with Gasteiger partial charge in [-0.15, -0.1) is 0 Å². The first-order valence-electron chi connectivity index (χ1n) is 23.1. The second-order valence-corrected chi connectivity index (χ2v) is 20.6. The molecule has 0 aromatic carbocycles. The second-order valence-electron chi connectivity index (χ2n) is 20.6. The van der Waals surface area contributed by atoms with Crippen LogP contribution in [-0.4, -0.2) is 78.3 Å². The van der Waals surface area contributed by atoms with E-state index in [2.05, 4.69) is 132 Å². The van der Waals surface area contributed by atoms with E-state index in [1.54, 1.807) is 0 Å². The average Bonchev–Trinajstić information content (AvgIpc) is 3.05. The lowest BCUT2D eigenvalue weighted by Crippen LogP contribution is -2.32. The Hall–Kier alpha value is -0.240. The highest BCUT2D eigenvalue weighted by Crippen LogP contribution is 2.32. The van der Waals surface area contributed by atoms with E-state index in [1.807, 2.05) is 0 Å². The molecule has 6 nitrogen and oxygen atoms in total. The molecule has 0 bridgehead atoms. The molecule has 0 aromatic heterocycles. The average molecular weight is 787 g/mol. The fraction of sp³-hybridized carbons (Fsp3) is 1.00. The topological polar surface area (TPSA) is 55.4 Å². The Balaban J connectivity index is 0. The summed E-state index contributed by atoms with van der Waals surface area (Å²) in [6.45, 7) is 51.3. The molecule has 334 valence electrons.